The van der Waals surface area contributed by atoms with Gasteiger partial charge in [-0.2, -0.15) is 0 Å². The Balaban J connectivity index is 1.36. The predicted octanol–water partition coefficient (Wildman–Crippen LogP) is 4.99. The molecule has 164 valence electrons. The third-order valence-electron chi connectivity index (χ3n) is 5.72. The van der Waals surface area contributed by atoms with Gasteiger partial charge in [0.15, 0.2) is 5.79 Å². The van der Waals surface area contributed by atoms with Gasteiger partial charge in [0.25, 0.3) is 0 Å². The van der Waals surface area contributed by atoms with Crippen molar-refractivity contribution in [3.8, 4) is 0 Å². The number of hydrogen-bond donors (Lipinski definition) is 0. The topological polar surface area (TPSA) is 71.1 Å². The Morgan fingerprint density at radius 3 is 1.55 bits per heavy atom. The van der Waals surface area contributed by atoms with Gasteiger partial charge in [0.1, 0.15) is 0 Å². The first-order valence-electron chi connectivity index (χ1n) is 10.1. The van der Waals surface area contributed by atoms with E-state index in [9.17, 15) is 9.59 Å². The highest BCUT2D eigenvalue weighted by molar-refractivity contribution is 9.10. The summed E-state index contributed by atoms with van der Waals surface area (Å²) >= 11 is 6.71. The summed E-state index contributed by atoms with van der Waals surface area (Å²) in [5, 5.41) is 0. The molecule has 2 heterocycles. The van der Waals surface area contributed by atoms with Crippen molar-refractivity contribution in [3.05, 3.63) is 68.6 Å². The van der Waals surface area contributed by atoms with E-state index in [2.05, 4.69) is 31.9 Å². The van der Waals surface area contributed by atoms with Gasteiger partial charge in [0.2, 0.25) is 0 Å². The lowest BCUT2D eigenvalue weighted by Gasteiger charge is -2.34. The molecule has 6 nitrogen and oxygen atoms in total. The Morgan fingerprint density at radius 1 is 0.774 bits per heavy atom. The fourth-order valence-corrected chi connectivity index (χ4v) is 4.59. The predicted molar refractivity (Wildman–Crippen MR) is 120 cm³/mol. The van der Waals surface area contributed by atoms with Gasteiger partial charge in [0, 0.05) is 20.8 Å². The van der Waals surface area contributed by atoms with Crippen LogP contribution in [0.2, 0.25) is 0 Å². The van der Waals surface area contributed by atoms with Crippen molar-refractivity contribution in [1.29, 1.82) is 0 Å². The molecule has 4 rings (SSSR count). The molecule has 0 amide bonds. The van der Waals surface area contributed by atoms with Gasteiger partial charge < -0.3 is 18.9 Å². The lowest BCUT2D eigenvalue weighted by Crippen LogP contribution is -2.45. The second kappa shape index (κ2) is 9.81. The minimum Gasteiger partial charge on any atom is -0.462 e. The van der Waals surface area contributed by atoms with Crippen LogP contribution in [-0.2, 0) is 18.9 Å². The molecule has 0 N–H and O–H groups in total. The van der Waals surface area contributed by atoms with Crippen LogP contribution < -0.4 is 0 Å². The molecule has 0 saturated carbocycles. The summed E-state index contributed by atoms with van der Waals surface area (Å²) in [5.41, 5.74) is 0.979. The summed E-state index contributed by atoms with van der Waals surface area (Å²) in [6.07, 6.45) is 1.43. The monoisotopic (exact) mass is 552 g/mol. The highest BCUT2D eigenvalue weighted by Gasteiger charge is 2.55. The zero-order chi connectivity index (χ0) is 21.8. The Kier molecular flexibility index (Phi) is 7.11. The van der Waals surface area contributed by atoms with E-state index in [-0.39, 0.29) is 37.0 Å². The van der Waals surface area contributed by atoms with Crippen LogP contribution in [0.1, 0.15) is 33.6 Å². The van der Waals surface area contributed by atoms with E-state index in [1.807, 2.05) is 0 Å². The Hall–Kier alpha value is -1.74. The quantitative estimate of drug-likeness (QED) is 0.469. The summed E-state index contributed by atoms with van der Waals surface area (Å²) in [5.74, 6) is -1.90. The molecule has 2 aromatic carbocycles. The van der Waals surface area contributed by atoms with E-state index in [0.717, 1.165) is 8.95 Å². The summed E-state index contributed by atoms with van der Waals surface area (Å²) < 4.78 is 25.0. The number of esters is 2. The number of rotatable bonds is 6. The number of ether oxygens (including phenoxy) is 4. The van der Waals surface area contributed by atoms with Crippen molar-refractivity contribution in [2.24, 2.45) is 11.8 Å². The number of hydrogen-bond acceptors (Lipinski definition) is 6. The van der Waals surface area contributed by atoms with Crippen molar-refractivity contribution < 1.29 is 28.5 Å². The largest absolute Gasteiger partial charge is 0.462 e. The smallest absolute Gasteiger partial charge is 0.338 e. The van der Waals surface area contributed by atoms with Gasteiger partial charge in [-0.3, -0.25) is 0 Å². The minimum atomic E-state index is -0.889. The van der Waals surface area contributed by atoms with Crippen LogP contribution in [0, 0.1) is 11.8 Å². The van der Waals surface area contributed by atoms with Crippen LogP contribution in [0.25, 0.3) is 0 Å². The van der Waals surface area contributed by atoms with Gasteiger partial charge in [-0.15, -0.1) is 0 Å². The molecule has 31 heavy (non-hydrogen) atoms. The molecule has 0 radical (unpaired) electrons. The van der Waals surface area contributed by atoms with Gasteiger partial charge in [0.05, 0.1) is 37.6 Å². The van der Waals surface area contributed by atoms with Gasteiger partial charge in [-0.05, 0) is 61.4 Å². The van der Waals surface area contributed by atoms with E-state index >= 15 is 0 Å². The van der Waals surface area contributed by atoms with Crippen molar-refractivity contribution in [2.45, 2.75) is 18.6 Å². The second-order valence-electron chi connectivity index (χ2n) is 7.60. The van der Waals surface area contributed by atoms with Crippen LogP contribution in [0.5, 0.6) is 0 Å². The molecular formula is C23H22Br2O6. The Labute approximate surface area is 197 Å². The molecule has 0 unspecified atom stereocenters. The molecule has 2 aromatic rings. The van der Waals surface area contributed by atoms with Crippen molar-refractivity contribution in [2.75, 3.05) is 26.4 Å². The maximum absolute atomic E-state index is 12.4. The number of carbonyl (C=O) groups excluding carboxylic acids is 2. The molecule has 2 aliphatic rings. The summed E-state index contributed by atoms with van der Waals surface area (Å²) in [4.78, 5) is 24.8. The average Bonchev–Trinajstić information content (AvgIpc) is 3.38. The molecular weight excluding hydrogens is 532 g/mol. The van der Waals surface area contributed by atoms with Crippen molar-refractivity contribution in [1.82, 2.24) is 0 Å². The average molecular weight is 554 g/mol. The number of benzene rings is 2. The van der Waals surface area contributed by atoms with Crippen LogP contribution >= 0.6 is 31.9 Å². The number of halogens is 2. The van der Waals surface area contributed by atoms with Crippen LogP contribution in [-0.4, -0.2) is 44.2 Å². The Morgan fingerprint density at radius 2 is 1.16 bits per heavy atom. The zero-order valence-electron chi connectivity index (χ0n) is 16.7. The highest BCUT2D eigenvalue weighted by Crippen LogP contribution is 2.45. The molecule has 8 heteroatoms. The summed E-state index contributed by atoms with van der Waals surface area (Å²) in [6, 6.07) is 14.0. The molecule has 0 aromatic heterocycles. The maximum atomic E-state index is 12.4. The maximum Gasteiger partial charge on any atom is 0.338 e. The van der Waals surface area contributed by atoms with E-state index in [4.69, 9.17) is 18.9 Å². The van der Waals surface area contributed by atoms with E-state index < -0.39 is 5.79 Å². The minimum absolute atomic E-state index is 0.120. The van der Waals surface area contributed by atoms with E-state index in [1.165, 1.54) is 0 Å². The molecule has 2 aliphatic heterocycles. The molecule has 0 bridgehead atoms. The first kappa shape index (κ1) is 22.5. The van der Waals surface area contributed by atoms with E-state index in [0.29, 0.717) is 37.2 Å². The summed E-state index contributed by atoms with van der Waals surface area (Å²) in [6.45, 7) is 1.40. The van der Waals surface area contributed by atoms with Gasteiger partial charge >= 0.3 is 11.9 Å². The van der Waals surface area contributed by atoms with Crippen molar-refractivity contribution in [3.63, 3.8) is 0 Å². The van der Waals surface area contributed by atoms with Gasteiger partial charge in [-0.1, -0.05) is 31.9 Å². The highest BCUT2D eigenvalue weighted by atomic mass is 79.9. The van der Waals surface area contributed by atoms with Gasteiger partial charge in [-0.25, -0.2) is 9.59 Å². The summed E-state index contributed by atoms with van der Waals surface area (Å²) in [7, 11) is 0. The molecule has 1 spiro atoms. The third kappa shape index (κ3) is 5.03. The lowest BCUT2D eigenvalue weighted by atomic mass is 9.87. The molecule has 0 aliphatic carbocycles. The first-order chi connectivity index (χ1) is 15.0. The SMILES string of the molecule is O=C(OC[C@H]1CCOC12OCC[C@@H]2COC(=O)c1ccc(Br)cc1)c1ccc(Br)cc1. The third-order valence-corrected chi connectivity index (χ3v) is 6.77. The fraction of sp³-hybridized carbons (Fsp3) is 0.391. The lowest BCUT2D eigenvalue weighted by molar-refractivity contribution is -0.233. The first-order valence-corrected chi connectivity index (χ1v) is 11.7. The van der Waals surface area contributed by atoms with Crippen LogP contribution in [0.4, 0.5) is 0 Å². The number of carbonyl (C=O) groups is 2. The fourth-order valence-electron chi connectivity index (χ4n) is 4.06. The van der Waals surface area contributed by atoms with Crippen molar-refractivity contribution >= 4 is 43.8 Å². The molecule has 2 atom stereocenters. The normalized spacial score (nSPS) is 21.9. The molecule has 2 saturated heterocycles. The Bertz CT molecular complexity index is 851. The van der Waals surface area contributed by atoms with Crippen LogP contribution in [0.15, 0.2) is 57.5 Å². The standard InChI is InChI=1S/C23H22Br2O6/c24-19-5-1-15(2-6-19)21(26)28-13-17-9-11-30-23(17)18(10-12-31-23)14-29-22(27)16-3-7-20(25)8-4-16/h1-8,17-18H,9-14H2/t17-,18-,23?/m1/s1. The molecule has 2 fully saturated rings. The second-order valence-corrected chi connectivity index (χ2v) is 9.43. The van der Waals surface area contributed by atoms with Crippen LogP contribution in [0.3, 0.4) is 0 Å². The van der Waals surface area contributed by atoms with E-state index in [1.54, 1.807) is 48.5 Å². The zero-order valence-corrected chi connectivity index (χ0v) is 19.9.